The van der Waals surface area contributed by atoms with Gasteiger partial charge in [0.2, 0.25) is 5.91 Å². The smallest absolute Gasteiger partial charge is 0.248 e. The van der Waals surface area contributed by atoms with Crippen molar-refractivity contribution in [1.29, 1.82) is 0 Å². The van der Waals surface area contributed by atoms with Gasteiger partial charge in [0.15, 0.2) is 11.0 Å². The van der Waals surface area contributed by atoms with E-state index in [-0.39, 0.29) is 11.9 Å². The first-order valence-corrected chi connectivity index (χ1v) is 9.44. The van der Waals surface area contributed by atoms with E-state index in [2.05, 4.69) is 15.9 Å². The number of benzene rings is 2. The highest BCUT2D eigenvalue weighted by molar-refractivity contribution is 9.10. The van der Waals surface area contributed by atoms with Crippen molar-refractivity contribution in [2.24, 2.45) is 0 Å². The highest BCUT2D eigenvalue weighted by Crippen LogP contribution is 2.27. The van der Waals surface area contributed by atoms with Crippen LogP contribution in [0, 0.1) is 6.92 Å². The summed E-state index contributed by atoms with van der Waals surface area (Å²) in [7, 11) is -1.56. The van der Waals surface area contributed by atoms with Crippen molar-refractivity contribution >= 4 is 32.8 Å². The minimum absolute atomic E-state index is 0.194. The maximum atomic E-state index is 13.0. The summed E-state index contributed by atoms with van der Waals surface area (Å²) >= 11 is 3.31. The van der Waals surface area contributed by atoms with E-state index in [1.165, 1.54) is 4.31 Å². The Hall–Kier alpha value is -1.46. The van der Waals surface area contributed by atoms with Crippen LogP contribution in [0.15, 0.2) is 59.5 Å². The monoisotopic (exact) mass is 393 g/mol. The number of rotatable bonds is 5. The standard InChI is InChI=1S/C18H20BrNO2S/c1-13-9-11-17(12-10-13)23(22)20(18(21)14(2)19)15(3)16-7-5-4-6-8-16/h4-12,14-15H,1-3H3/t14?,15-,23?/m1/s1. The lowest BCUT2D eigenvalue weighted by atomic mass is 10.1. The molecule has 3 atom stereocenters. The van der Waals surface area contributed by atoms with Gasteiger partial charge in [-0.15, -0.1) is 0 Å². The molecule has 2 rings (SSSR count). The molecule has 1 amide bonds. The Bertz CT molecular complexity index is 686. The Morgan fingerprint density at radius 3 is 2.13 bits per heavy atom. The molecule has 5 heteroatoms. The lowest BCUT2D eigenvalue weighted by Gasteiger charge is -2.29. The molecule has 0 aliphatic carbocycles. The fraction of sp³-hybridized carbons (Fsp3) is 0.278. The zero-order valence-electron chi connectivity index (χ0n) is 13.4. The Labute approximate surface area is 148 Å². The quantitative estimate of drug-likeness (QED) is 0.706. The number of aryl methyl sites for hydroxylation is 1. The number of nitrogens with zero attached hydrogens (tertiary/aromatic N) is 1. The van der Waals surface area contributed by atoms with Gasteiger partial charge in [0.05, 0.1) is 15.8 Å². The third-order valence-corrected chi connectivity index (χ3v) is 5.51. The zero-order valence-corrected chi connectivity index (χ0v) is 15.8. The summed E-state index contributed by atoms with van der Waals surface area (Å²) in [6, 6.07) is 16.8. The number of carbonyl (C=O) groups excluding carboxylic acids is 1. The van der Waals surface area contributed by atoms with Gasteiger partial charge >= 0.3 is 0 Å². The summed E-state index contributed by atoms with van der Waals surface area (Å²) in [4.78, 5) is 12.9. The third-order valence-electron chi connectivity index (χ3n) is 3.59. The zero-order chi connectivity index (χ0) is 17.0. The molecule has 0 aromatic heterocycles. The summed E-state index contributed by atoms with van der Waals surface area (Å²) < 4.78 is 14.5. The van der Waals surface area contributed by atoms with Crippen LogP contribution in [0.1, 0.15) is 31.0 Å². The van der Waals surface area contributed by atoms with Gasteiger partial charge < -0.3 is 0 Å². The van der Waals surface area contributed by atoms with E-state index in [1.54, 1.807) is 6.92 Å². The molecule has 2 aromatic carbocycles. The predicted octanol–water partition coefficient (Wildman–Crippen LogP) is 4.39. The van der Waals surface area contributed by atoms with Gasteiger partial charge in [-0.25, -0.2) is 8.51 Å². The van der Waals surface area contributed by atoms with Crippen LogP contribution in [0.4, 0.5) is 0 Å². The van der Waals surface area contributed by atoms with Crippen LogP contribution in [0.3, 0.4) is 0 Å². The third kappa shape index (κ3) is 4.30. The van der Waals surface area contributed by atoms with Gasteiger partial charge in [-0.1, -0.05) is 64.0 Å². The first-order valence-electron chi connectivity index (χ1n) is 7.42. The van der Waals surface area contributed by atoms with Crippen LogP contribution < -0.4 is 0 Å². The van der Waals surface area contributed by atoms with Gasteiger partial charge in [-0.2, -0.15) is 0 Å². The van der Waals surface area contributed by atoms with E-state index in [0.29, 0.717) is 4.90 Å². The fourth-order valence-electron chi connectivity index (χ4n) is 2.23. The number of hydrogen-bond acceptors (Lipinski definition) is 2. The van der Waals surface area contributed by atoms with Crippen molar-refractivity contribution in [1.82, 2.24) is 4.31 Å². The lowest BCUT2D eigenvalue weighted by Crippen LogP contribution is -2.39. The van der Waals surface area contributed by atoms with Crippen LogP contribution in [-0.2, 0) is 15.8 Å². The molecule has 0 radical (unpaired) electrons. The van der Waals surface area contributed by atoms with E-state index in [9.17, 15) is 9.00 Å². The minimum Gasteiger partial charge on any atom is -0.273 e. The van der Waals surface area contributed by atoms with Gasteiger partial charge in [0, 0.05) is 0 Å². The Balaban J connectivity index is 2.40. The largest absolute Gasteiger partial charge is 0.273 e. The van der Waals surface area contributed by atoms with Crippen LogP contribution in [0.2, 0.25) is 0 Å². The summed E-state index contributed by atoms with van der Waals surface area (Å²) in [5.74, 6) is -0.194. The Morgan fingerprint density at radius 1 is 1.04 bits per heavy atom. The van der Waals surface area contributed by atoms with Crippen LogP contribution in [0.5, 0.6) is 0 Å². The van der Waals surface area contributed by atoms with Gasteiger partial charge in [-0.05, 0) is 38.5 Å². The average Bonchev–Trinajstić information content (AvgIpc) is 2.56. The van der Waals surface area contributed by atoms with E-state index < -0.39 is 15.8 Å². The van der Waals surface area contributed by atoms with E-state index in [0.717, 1.165) is 11.1 Å². The molecule has 3 nitrogen and oxygen atoms in total. The lowest BCUT2D eigenvalue weighted by molar-refractivity contribution is -0.126. The molecule has 2 aromatic rings. The van der Waals surface area contributed by atoms with Crippen LogP contribution in [0.25, 0.3) is 0 Å². The van der Waals surface area contributed by atoms with Crippen molar-refractivity contribution in [2.45, 2.75) is 36.5 Å². The first kappa shape index (κ1) is 17.9. The summed E-state index contributed by atoms with van der Waals surface area (Å²) in [6.07, 6.45) is 0. The predicted molar refractivity (Wildman–Crippen MR) is 97.7 cm³/mol. The average molecular weight is 394 g/mol. The summed E-state index contributed by atoms with van der Waals surface area (Å²) in [6.45, 7) is 5.62. The van der Waals surface area contributed by atoms with Gasteiger partial charge in [0.25, 0.3) is 0 Å². The molecule has 0 N–H and O–H groups in total. The maximum Gasteiger partial charge on any atom is 0.248 e. The van der Waals surface area contributed by atoms with Crippen molar-refractivity contribution in [3.63, 3.8) is 0 Å². The number of carbonyl (C=O) groups is 1. The molecule has 0 heterocycles. The normalized spacial score (nSPS) is 14.8. The van der Waals surface area contributed by atoms with Gasteiger partial charge in [0.1, 0.15) is 0 Å². The molecule has 0 saturated carbocycles. The van der Waals surface area contributed by atoms with Gasteiger partial charge in [-0.3, -0.25) is 4.79 Å². The van der Waals surface area contributed by atoms with Crippen molar-refractivity contribution < 1.29 is 9.00 Å². The fourth-order valence-corrected chi connectivity index (χ4v) is 3.91. The van der Waals surface area contributed by atoms with E-state index >= 15 is 0 Å². The minimum atomic E-state index is -1.56. The second kappa shape index (κ2) is 7.88. The van der Waals surface area contributed by atoms with E-state index in [4.69, 9.17) is 0 Å². The topological polar surface area (TPSA) is 37.4 Å². The molecule has 23 heavy (non-hydrogen) atoms. The number of halogens is 1. The highest BCUT2D eigenvalue weighted by atomic mass is 79.9. The van der Waals surface area contributed by atoms with Crippen molar-refractivity contribution in [3.8, 4) is 0 Å². The number of amides is 1. The second-order valence-corrected chi connectivity index (χ2v) is 8.17. The summed E-state index contributed by atoms with van der Waals surface area (Å²) in [5.41, 5.74) is 2.04. The number of hydrogen-bond donors (Lipinski definition) is 0. The molecule has 0 bridgehead atoms. The SMILES string of the molecule is Cc1ccc(S(=O)N(C(=O)C(C)Br)[C@H](C)c2ccccc2)cc1. The van der Waals surface area contributed by atoms with Crippen LogP contribution in [-0.4, -0.2) is 19.2 Å². The molecule has 0 fully saturated rings. The van der Waals surface area contributed by atoms with Crippen molar-refractivity contribution in [2.75, 3.05) is 0 Å². The molecule has 122 valence electrons. The molecule has 0 aliphatic rings. The Morgan fingerprint density at radius 2 is 1.61 bits per heavy atom. The molecular formula is C18H20BrNO2S. The Kier molecular flexibility index (Phi) is 6.13. The second-order valence-electron chi connectivity index (χ2n) is 5.43. The van der Waals surface area contributed by atoms with E-state index in [1.807, 2.05) is 68.4 Å². The first-order chi connectivity index (χ1) is 10.9. The number of alkyl halides is 1. The maximum absolute atomic E-state index is 13.0. The molecule has 0 saturated heterocycles. The molecule has 0 spiro atoms. The van der Waals surface area contributed by atoms with Crippen LogP contribution >= 0.6 is 15.9 Å². The molecule has 0 aliphatic heterocycles. The molecular weight excluding hydrogens is 374 g/mol. The summed E-state index contributed by atoms with van der Waals surface area (Å²) in [5, 5.41) is 0. The van der Waals surface area contributed by atoms with Crippen molar-refractivity contribution in [3.05, 3.63) is 65.7 Å². The molecule has 2 unspecified atom stereocenters. The highest BCUT2D eigenvalue weighted by Gasteiger charge is 2.30.